The molecular weight excluding hydrogens is 717 g/mol. The van der Waals surface area contributed by atoms with Gasteiger partial charge in [0.05, 0.1) is 19.8 Å². The lowest BCUT2D eigenvalue weighted by Crippen LogP contribution is -2.60. The van der Waals surface area contributed by atoms with E-state index in [1.54, 1.807) is 0 Å². The van der Waals surface area contributed by atoms with Crippen molar-refractivity contribution in [2.24, 2.45) is 0 Å². The van der Waals surface area contributed by atoms with E-state index in [0.717, 1.165) is 77.0 Å². The molecule has 6 unspecified atom stereocenters. The lowest BCUT2D eigenvalue weighted by molar-refractivity contribution is -0.301. The number of aliphatic hydroxyl groups excluding tert-OH is 3. The van der Waals surface area contributed by atoms with Gasteiger partial charge in [-0.05, 0) is 70.6 Å². The fourth-order valence-electron chi connectivity index (χ4n) is 5.12. The number of allylic oxidation sites excluding steroid dienone is 14. The third-order valence-electron chi connectivity index (χ3n) is 8.03. The van der Waals surface area contributed by atoms with Gasteiger partial charge in [0.15, 0.2) is 6.29 Å². The zero-order valence-electron chi connectivity index (χ0n) is 32.2. The van der Waals surface area contributed by atoms with Crippen molar-refractivity contribution in [1.82, 2.24) is 0 Å². The molecule has 0 aliphatic carbocycles. The van der Waals surface area contributed by atoms with Crippen LogP contribution in [0.5, 0.6) is 0 Å². The summed E-state index contributed by atoms with van der Waals surface area (Å²) in [4.78, 5) is 12.4. The number of unbranched alkanes of at least 4 members (excludes halogenated alkanes) is 4. The second-order valence-electron chi connectivity index (χ2n) is 12.8. The smallest absolute Gasteiger partial charge is 0.397 e. The molecule has 6 atom stereocenters. The lowest BCUT2D eigenvalue weighted by Gasteiger charge is -2.41. The molecule has 13 heteroatoms. The summed E-state index contributed by atoms with van der Waals surface area (Å²) in [5.41, 5.74) is 0. The van der Waals surface area contributed by atoms with Crippen LogP contribution in [0.3, 0.4) is 0 Å². The lowest BCUT2D eigenvalue weighted by atomic mass is 9.99. The molecule has 1 aliphatic heterocycles. The Kier molecular flexibility index (Phi) is 29.7. The Labute approximate surface area is 323 Å². The quantitative estimate of drug-likeness (QED) is 0.0247. The molecule has 0 saturated carbocycles. The number of ether oxygens (including phenoxy) is 4. The number of carbonyl (C=O) groups is 1. The van der Waals surface area contributed by atoms with Gasteiger partial charge in [0.1, 0.15) is 30.5 Å². The molecule has 0 aromatic heterocycles. The predicted octanol–water partition coefficient (Wildman–Crippen LogP) is 6.95. The third-order valence-corrected chi connectivity index (χ3v) is 8.50. The van der Waals surface area contributed by atoms with Gasteiger partial charge < -0.3 is 34.3 Å². The van der Waals surface area contributed by atoms with Crippen LogP contribution in [0, 0.1) is 0 Å². The molecule has 1 aliphatic rings. The highest BCUT2D eigenvalue weighted by atomic mass is 32.3. The van der Waals surface area contributed by atoms with Crippen molar-refractivity contribution in [2.45, 2.75) is 141 Å². The summed E-state index contributed by atoms with van der Waals surface area (Å²) >= 11 is 0. The Morgan fingerprint density at radius 1 is 0.722 bits per heavy atom. The number of rotatable bonds is 31. The maximum atomic E-state index is 12.4. The fraction of sp³-hybridized carbons (Fsp3) is 0.634. The van der Waals surface area contributed by atoms with Crippen molar-refractivity contribution < 1.29 is 56.2 Å². The van der Waals surface area contributed by atoms with Crippen LogP contribution in [0.2, 0.25) is 0 Å². The molecule has 0 aromatic rings. The Balaban J connectivity index is 2.33. The first-order valence-electron chi connectivity index (χ1n) is 19.3. The Bertz CT molecular complexity index is 1270. The Hall–Kier alpha value is -2.72. The number of hydrogen-bond donors (Lipinski definition) is 4. The largest absolute Gasteiger partial charge is 0.457 e. The van der Waals surface area contributed by atoms with Crippen LogP contribution >= 0.6 is 0 Å². The standard InChI is InChI=1S/C41H66O12S/c1-3-5-7-8-9-10-11-12-13-14-15-16-17-18-19-20-21-22-23-24-25-26-27-29-31-49-33-35(51-37(43)30-28-6-4-2)34-50-41-39(45)40(53-54(46,47)48)38(44)36(32-42)52-41/h5,7,9-10,12-13,15-16,18-19,21-22,24-25,35-36,38-42,44-45H,3-4,6,8,11,14,17,20,23,26-34H2,1-2H3,(H,46,47,48)/b7-5-,10-9-,13-12-,16-15-,19-18-,22-21-,25-24-. The van der Waals surface area contributed by atoms with Gasteiger partial charge in [0.25, 0.3) is 0 Å². The Morgan fingerprint density at radius 3 is 1.76 bits per heavy atom. The highest BCUT2D eigenvalue weighted by molar-refractivity contribution is 7.80. The van der Waals surface area contributed by atoms with Crippen LogP contribution < -0.4 is 0 Å². The monoisotopic (exact) mass is 782 g/mol. The number of esters is 1. The first-order valence-corrected chi connectivity index (χ1v) is 20.7. The summed E-state index contributed by atoms with van der Waals surface area (Å²) in [6, 6.07) is 0. The summed E-state index contributed by atoms with van der Waals surface area (Å²) in [5, 5.41) is 30.3. The van der Waals surface area contributed by atoms with Crippen molar-refractivity contribution >= 4 is 16.4 Å². The minimum atomic E-state index is -5.06. The van der Waals surface area contributed by atoms with E-state index in [-0.39, 0.29) is 19.6 Å². The van der Waals surface area contributed by atoms with E-state index in [1.165, 1.54) is 0 Å². The van der Waals surface area contributed by atoms with Crippen molar-refractivity contribution in [3.63, 3.8) is 0 Å². The van der Waals surface area contributed by atoms with Crippen molar-refractivity contribution in [1.29, 1.82) is 0 Å². The minimum absolute atomic E-state index is 0.00213. The maximum absolute atomic E-state index is 12.4. The average Bonchev–Trinajstić information content (AvgIpc) is 3.14. The molecule has 12 nitrogen and oxygen atoms in total. The van der Waals surface area contributed by atoms with E-state index in [4.69, 9.17) is 23.5 Å². The van der Waals surface area contributed by atoms with Crippen LogP contribution in [0.4, 0.5) is 0 Å². The molecule has 0 radical (unpaired) electrons. The van der Waals surface area contributed by atoms with Gasteiger partial charge in [0, 0.05) is 13.0 Å². The van der Waals surface area contributed by atoms with Gasteiger partial charge in [-0.2, -0.15) is 8.42 Å². The molecule has 1 saturated heterocycles. The van der Waals surface area contributed by atoms with E-state index < -0.39 is 59.8 Å². The molecule has 0 bridgehead atoms. The van der Waals surface area contributed by atoms with E-state index in [2.05, 4.69) is 96.2 Å². The van der Waals surface area contributed by atoms with E-state index in [1.807, 2.05) is 6.92 Å². The normalized spacial score (nSPS) is 22.1. The molecule has 4 N–H and O–H groups in total. The zero-order chi connectivity index (χ0) is 39.7. The number of aliphatic hydroxyl groups is 3. The zero-order valence-corrected chi connectivity index (χ0v) is 33.1. The van der Waals surface area contributed by atoms with Gasteiger partial charge in [0.2, 0.25) is 0 Å². The molecular formula is C41H66O12S. The molecule has 54 heavy (non-hydrogen) atoms. The van der Waals surface area contributed by atoms with Crippen LogP contribution in [-0.4, -0.2) is 97.5 Å². The molecule has 0 aromatic carbocycles. The first kappa shape index (κ1) is 49.3. The molecule has 0 amide bonds. The summed E-state index contributed by atoms with van der Waals surface area (Å²) in [6.07, 6.45) is 33.1. The van der Waals surface area contributed by atoms with Crippen molar-refractivity contribution in [3.05, 3.63) is 85.1 Å². The van der Waals surface area contributed by atoms with Crippen LogP contribution in [0.15, 0.2) is 85.1 Å². The minimum Gasteiger partial charge on any atom is -0.457 e. The van der Waals surface area contributed by atoms with E-state index >= 15 is 0 Å². The second kappa shape index (κ2) is 32.5. The van der Waals surface area contributed by atoms with Gasteiger partial charge >= 0.3 is 16.4 Å². The first-order chi connectivity index (χ1) is 26.1. The molecule has 1 fully saturated rings. The summed E-state index contributed by atoms with van der Waals surface area (Å²) in [7, 11) is -5.06. The maximum Gasteiger partial charge on any atom is 0.397 e. The highest BCUT2D eigenvalue weighted by Gasteiger charge is 2.48. The topological polar surface area (TPSA) is 178 Å². The SMILES string of the molecule is CC/C=C\C/C=C\C/C=C\C/C=C\C/C=C\C/C=C\C/C=C\CCCCOCC(COC1OC(CO)C(O)C(OS(=O)(=O)O)C1O)OC(=O)CCCCC. The van der Waals surface area contributed by atoms with E-state index in [9.17, 15) is 28.5 Å². The highest BCUT2D eigenvalue weighted by Crippen LogP contribution is 2.26. The number of hydrogen-bond acceptors (Lipinski definition) is 11. The van der Waals surface area contributed by atoms with Crippen LogP contribution in [0.1, 0.15) is 104 Å². The second-order valence-corrected chi connectivity index (χ2v) is 13.8. The fourth-order valence-corrected chi connectivity index (χ4v) is 5.63. The number of carbonyl (C=O) groups excluding carboxylic acids is 1. The van der Waals surface area contributed by atoms with Crippen molar-refractivity contribution in [2.75, 3.05) is 26.4 Å². The molecule has 308 valence electrons. The van der Waals surface area contributed by atoms with Gasteiger partial charge in [-0.25, -0.2) is 4.18 Å². The average molecular weight is 783 g/mol. The molecule has 0 spiro atoms. The molecule has 1 heterocycles. The molecule has 1 rings (SSSR count). The van der Waals surface area contributed by atoms with Gasteiger partial charge in [-0.1, -0.05) is 112 Å². The summed E-state index contributed by atoms with van der Waals surface area (Å²) < 4.78 is 58.2. The third kappa shape index (κ3) is 26.1. The summed E-state index contributed by atoms with van der Waals surface area (Å²) in [5.74, 6) is -0.445. The van der Waals surface area contributed by atoms with Gasteiger partial charge in [-0.3, -0.25) is 9.35 Å². The van der Waals surface area contributed by atoms with Crippen molar-refractivity contribution in [3.8, 4) is 0 Å². The Morgan fingerprint density at radius 2 is 1.26 bits per heavy atom. The predicted molar refractivity (Wildman–Crippen MR) is 211 cm³/mol. The van der Waals surface area contributed by atoms with Crippen LogP contribution in [-0.2, 0) is 38.3 Å². The van der Waals surface area contributed by atoms with E-state index in [0.29, 0.717) is 13.0 Å². The van der Waals surface area contributed by atoms with Crippen LogP contribution in [0.25, 0.3) is 0 Å². The van der Waals surface area contributed by atoms with Gasteiger partial charge in [-0.15, -0.1) is 0 Å². The summed E-state index contributed by atoms with van der Waals surface area (Å²) in [6.45, 7) is 3.52.